The van der Waals surface area contributed by atoms with Gasteiger partial charge in [0, 0.05) is 5.92 Å². The molecular formula is C15H18N2O2. The fourth-order valence-corrected chi connectivity index (χ4v) is 3.25. The lowest BCUT2D eigenvalue weighted by molar-refractivity contribution is -0.139. The van der Waals surface area contributed by atoms with Gasteiger partial charge in [-0.05, 0) is 36.5 Å². The average molecular weight is 258 g/mol. The largest absolute Gasteiger partial charge is 0.481 e. The zero-order valence-corrected chi connectivity index (χ0v) is 11.6. The van der Waals surface area contributed by atoms with Gasteiger partial charge in [-0.15, -0.1) is 0 Å². The van der Waals surface area contributed by atoms with Crippen molar-refractivity contribution in [1.29, 1.82) is 0 Å². The van der Waals surface area contributed by atoms with E-state index in [4.69, 9.17) is 0 Å². The van der Waals surface area contributed by atoms with E-state index in [-0.39, 0.29) is 17.3 Å². The lowest BCUT2D eigenvalue weighted by Crippen LogP contribution is -2.03. The summed E-state index contributed by atoms with van der Waals surface area (Å²) in [4.78, 5) is 19.2. The quantitative estimate of drug-likeness (QED) is 0.870. The molecule has 0 aliphatic heterocycles. The van der Waals surface area contributed by atoms with E-state index in [0.29, 0.717) is 0 Å². The fourth-order valence-electron chi connectivity index (χ4n) is 3.25. The van der Waals surface area contributed by atoms with Crippen molar-refractivity contribution in [2.45, 2.75) is 33.6 Å². The third-order valence-corrected chi connectivity index (χ3v) is 4.33. The van der Waals surface area contributed by atoms with Crippen molar-refractivity contribution in [3.63, 3.8) is 0 Å². The number of benzene rings is 1. The lowest BCUT2D eigenvalue weighted by Gasteiger charge is -1.97. The number of nitrogens with one attached hydrogen (secondary N) is 1. The first-order chi connectivity index (χ1) is 8.82. The van der Waals surface area contributed by atoms with Crippen molar-refractivity contribution in [3.8, 4) is 0 Å². The molecule has 1 heterocycles. The van der Waals surface area contributed by atoms with Crippen LogP contribution in [0.1, 0.15) is 36.7 Å². The first kappa shape index (κ1) is 12.2. The van der Waals surface area contributed by atoms with E-state index >= 15 is 0 Å². The number of H-pyrrole nitrogens is 1. The van der Waals surface area contributed by atoms with E-state index in [1.165, 1.54) is 5.56 Å². The molecule has 4 heteroatoms. The molecular weight excluding hydrogens is 240 g/mol. The van der Waals surface area contributed by atoms with Gasteiger partial charge in [0.15, 0.2) is 0 Å². The van der Waals surface area contributed by atoms with Crippen molar-refractivity contribution in [2.24, 2.45) is 11.3 Å². The summed E-state index contributed by atoms with van der Waals surface area (Å²) in [6.45, 7) is 8.06. The Labute approximate surface area is 111 Å². The van der Waals surface area contributed by atoms with Crippen molar-refractivity contribution in [1.82, 2.24) is 9.97 Å². The molecule has 2 aromatic rings. The van der Waals surface area contributed by atoms with Gasteiger partial charge >= 0.3 is 5.97 Å². The highest BCUT2D eigenvalue weighted by Crippen LogP contribution is 2.63. The number of aliphatic carboxylic acids is 1. The topological polar surface area (TPSA) is 66.0 Å². The van der Waals surface area contributed by atoms with Gasteiger partial charge in [0.25, 0.3) is 0 Å². The SMILES string of the molecule is Cc1cc(C)c2nc(C3C(C(=O)O)C3(C)C)[nH]c2c1. The van der Waals surface area contributed by atoms with Crippen LogP contribution in [0.5, 0.6) is 0 Å². The van der Waals surface area contributed by atoms with Crippen LogP contribution in [-0.2, 0) is 4.79 Å². The number of imidazole rings is 1. The molecule has 0 spiro atoms. The minimum absolute atomic E-state index is 0.0166. The van der Waals surface area contributed by atoms with Crippen LogP contribution in [0.2, 0.25) is 0 Å². The molecule has 2 N–H and O–H groups in total. The van der Waals surface area contributed by atoms with Gasteiger partial charge < -0.3 is 10.1 Å². The first-order valence-corrected chi connectivity index (χ1v) is 6.52. The maximum atomic E-state index is 11.3. The molecule has 4 nitrogen and oxygen atoms in total. The molecule has 1 aliphatic rings. The standard InChI is InChI=1S/C15H18N2O2/c1-7-5-8(2)12-9(6-7)16-13(17-12)10-11(14(18)19)15(10,3)4/h5-6,10-11H,1-4H3,(H,16,17)(H,18,19). The zero-order chi connectivity index (χ0) is 13.9. The van der Waals surface area contributed by atoms with Crippen LogP contribution in [0.4, 0.5) is 0 Å². The summed E-state index contributed by atoms with van der Waals surface area (Å²) in [5.74, 6) is -0.281. The Bertz CT molecular complexity index is 685. The van der Waals surface area contributed by atoms with Crippen molar-refractivity contribution in [3.05, 3.63) is 29.1 Å². The number of aromatic amines is 1. The van der Waals surface area contributed by atoms with Gasteiger partial charge in [0.1, 0.15) is 5.82 Å². The van der Waals surface area contributed by atoms with Crippen LogP contribution in [-0.4, -0.2) is 21.0 Å². The van der Waals surface area contributed by atoms with E-state index in [1.807, 2.05) is 27.7 Å². The number of nitrogens with zero attached hydrogens (tertiary/aromatic N) is 1. The first-order valence-electron chi connectivity index (χ1n) is 6.52. The van der Waals surface area contributed by atoms with E-state index in [0.717, 1.165) is 22.4 Å². The smallest absolute Gasteiger partial charge is 0.307 e. The summed E-state index contributed by atoms with van der Waals surface area (Å²) in [5.41, 5.74) is 4.04. The van der Waals surface area contributed by atoms with E-state index in [1.54, 1.807) is 0 Å². The fraction of sp³-hybridized carbons (Fsp3) is 0.467. The second-order valence-corrected chi connectivity index (χ2v) is 6.21. The number of hydrogen-bond donors (Lipinski definition) is 2. The van der Waals surface area contributed by atoms with Crippen LogP contribution >= 0.6 is 0 Å². The third kappa shape index (κ3) is 1.66. The number of carbonyl (C=O) groups is 1. The highest BCUT2D eigenvalue weighted by molar-refractivity contribution is 5.81. The number of hydrogen-bond acceptors (Lipinski definition) is 2. The Balaban J connectivity index is 2.09. The van der Waals surface area contributed by atoms with Gasteiger partial charge in [0.2, 0.25) is 0 Å². The molecule has 100 valence electrons. The molecule has 0 amide bonds. The Hall–Kier alpha value is -1.84. The zero-order valence-electron chi connectivity index (χ0n) is 11.6. The number of aryl methyl sites for hydroxylation is 2. The molecule has 1 aromatic heterocycles. The van der Waals surface area contributed by atoms with Gasteiger partial charge in [-0.1, -0.05) is 19.9 Å². The summed E-state index contributed by atoms with van der Waals surface area (Å²) in [6, 6.07) is 4.16. The van der Waals surface area contributed by atoms with Crippen LogP contribution in [0, 0.1) is 25.2 Å². The second-order valence-electron chi connectivity index (χ2n) is 6.21. The summed E-state index contributed by atoms with van der Waals surface area (Å²) < 4.78 is 0. The van der Waals surface area contributed by atoms with E-state index in [9.17, 15) is 9.90 Å². The minimum Gasteiger partial charge on any atom is -0.481 e. The number of carboxylic acid groups (broad SMARTS) is 1. The Morgan fingerprint density at radius 1 is 1.37 bits per heavy atom. The number of aromatic nitrogens is 2. The lowest BCUT2D eigenvalue weighted by atomic mass is 10.1. The molecule has 2 atom stereocenters. The predicted octanol–water partition coefficient (Wildman–Crippen LogP) is 3.00. The number of fused-ring (bicyclic) bond motifs is 1. The van der Waals surface area contributed by atoms with Crippen LogP contribution in [0.15, 0.2) is 12.1 Å². The molecule has 0 radical (unpaired) electrons. The number of rotatable bonds is 2. The summed E-state index contributed by atoms with van der Waals surface area (Å²) in [5, 5.41) is 9.25. The normalized spacial score (nSPS) is 24.6. The third-order valence-electron chi connectivity index (χ3n) is 4.33. The molecule has 2 unspecified atom stereocenters. The molecule has 1 aromatic carbocycles. The molecule has 0 bridgehead atoms. The Morgan fingerprint density at radius 2 is 2.05 bits per heavy atom. The maximum Gasteiger partial charge on any atom is 0.307 e. The minimum atomic E-state index is -0.733. The molecule has 0 saturated heterocycles. The summed E-state index contributed by atoms with van der Waals surface area (Å²) in [6.07, 6.45) is 0. The molecule has 1 saturated carbocycles. The van der Waals surface area contributed by atoms with Crippen molar-refractivity contribution < 1.29 is 9.90 Å². The molecule has 1 fully saturated rings. The average Bonchev–Trinajstić information content (AvgIpc) is 2.65. The van der Waals surface area contributed by atoms with Crippen LogP contribution < -0.4 is 0 Å². The van der Waals surface area contributed by atoms with Gasteiger partial charge in [0.05, 0.1) is 17.0 Å². The number of carboxylic acids is 1. The van der Waals surface area contributed by atoms with Gasteiger partial charge in [-0.25, -0.2) is 4.98 Å². The highest BCUT2D eigenvalue weighted by atomic mass is 16.4. The Morgan fingerprint density at radius 3 is 2.63 bits per heavy atom. The molecule has 1 aliphatic carbocycles. The van der Waals surface area contributed by atoms with Gasteiger partial charge in [-0.2, -0.15) is 0 Å². The van der Waals surface area contributed by atoms with Gasteiger partial charge in [-0.3, -0.25) is 4.79 Å². The highest BCUT2D eigenvalue weighted by Gasteiger charge is 2.64. The van der Waals surface area contributed by atoms with Crippen LogP contribution in [0.3, 0.4) is 0 Å². The summed E-state index contributed by atoms with van der Waals surface area (Å²) in [7, 11) is 0. The van der Waals surface area contributed by atoms with E-state index < -0.39 is 5.97 Å². The predicted molar refractivity (Wildman–Crippen MR) is 73.2 cm³/mol. The van der Waals surface area contributed by atoms with Crippen molar-refractivity contribution in [2.75, 3.05) is 0 Å². The monoisotopic (exact) mass is 258 g/mol. The second kappa shape index (κ2) is 3.59. The Kier molecular flexibility index (Phi) is 2.31. The molecule has 19 heavy (non-hydrogen) atoms. The van der Waals surface area contributed by atoms with Crippen molar-refractivity contribution >= 4 is 17.0 Å². The molecule has 3 rings (SSSR count). The van der Waals surface area contributed by atoms with E-state index in [2.05, 4.69) is 22.1 Å². The maximum absolute atomic E-state index is 11.3. The van der Waals surface area contributed by atoms with Crippen LogP contribution in [0.25, 0.3) is 11.0 Å². The summed E-state index contributed by atoms with van der Waals surface area (Å²) >= 11 is 0.